The lowest BCUT2D eigenvalue weighted by Gasteiger charge is -2.18. The number of hydrogen-bond acceptors (Lipinski definition) is 3. The van der Waals surface area contributed by atoms with Crippen LogP contribution in [0, 0.1) is 0 Å². The zero-order valence-corrected chi connectivity index (χ0v) is 15.6. The Morgan fingerprint density at radius 3 is 2.22 bits per heavy atom. The summed E-state index contributed by atoms with van der Waals surface area (Å²) < 4.78 is 26.2. The molecule has 0 atom stereocenters. The molecular formula is C16H25N3O2S2. The third kappa shape index (κ3) is 5.93. The van der Waals surface area contributed by atoms with Crippen molar-refractivity contribution in [3.63, 3.8) is 0 Å². The van der Waals surface area contributed by atoms with E-state index in [1.165, 1.54) is 4.31 Å². The highest BCUT2D eigenvalue weighted by molar-refractivity contribution is 7.89. The Labute approximate surface area is 144 Å². The molecule has 0 heterocycles. The first kappa shape index (κ1) is 19.6. The smallest absolute Gasteiger partial charge is 0.243 e. The zero-order chi connectivity index (χ0) is 17.5. The van der Waals surface area contributed by atoms with Crippen molar-refractivity contribution in [3.8, 4) is 0 Å². The van der Waals surface area contributed by atoms with Crippen LogP contribution in [0.15, 0.2) is 41.3 Å². The molecule has 0 saturated carbocycles. The quantitative estimate of drug-likeness (QED) is 0.553. The van der Waals surface area contributed by atoms with E-state index in [0.29, 0.717) is 36.2 Å². The summed E-state index contributed by atoms with van der Waals surface area (Å²) in [5.41, 5.74) is 1.96. The number of nitrogens with zero attached hydrogens (tertiary/aromatic N) is 1. The van der Waals surface area contributed by atoms with Gasteiger partial charge in [0, 0.05) is 26.2 Å². The average Bonchev–Trinajstić information content (AvgIpc) is 2.52. The Morgan fingerprint density at radius 2 is 1.74 bits per heavy atom. The van der Waals surface area contributed by atoms with Gasteiger partial charge in [-0.15, -0.1) is 0 Å². The number of rotatable bonds is 8. The van der Waals surface area contributed by atoms with E-state index in [-0.39, 0.29) is 0 Å². The maximum absolute atomic E-state index is 12.4. The first-order valence-corrected chi connectivity index (χ1v) is 9.41. The lowest BCUT2D eigenvalue weighted by atomic mass is 10.2. The van der Waals surface area contributed by atoms with Crippen molar-refractivity contribution in [2.45, 2.75) is 32.2 Å². The summed E-state index contributed by atoms with van der Waals surface area (Å²) in [5.74, 6) is 0. The molecule has 0 bridgehead atoms. The van der Waals surface area contributed by atoms with Crippen LogP contribution in [-0.2, 0) is 16.6 Å². The van der Waals surface area contributed by atoms with Crippen molar-refractivity contribution in [2.75, 3.05) is 19.6 Å². The molecule has 0 radical (unpaired) electrons. The van der Waals surface area contributed by atoms with Crippen molar-refractivity contribution < 1.29 is 8.42 Å². The molecule has 23 heavy (non-hydrogen) atoms. The fraction of sp³-hybridized carbons (Fsp3) is 0.438. The molecule has 0 saturated heterocycles. The lowest BCUT2D eigenvalue weighted by molar-refractivity contribution is 0.445. The molecule has 0 aromatic heterocycles. The molecular weight excluding hydrogens is 330 g/mol. The topological polar surface area (TPSA) is 61.4 Å². The Hall–Kier alpha value is -1.44. The van der Waals surface area contributed by atoms with E-state index >= 15 is 0 Å². The normalized spacial score (nSPS) is 11.3. The molecule has 128 valence electrons. The van der Waals surface area contributed by atoms with Gasteiger partial charge in [-0.2, -0.15) is 4.31 Å². The molecule has 0 aliphatic carbocycles. The van der Waals surface area contributed by atoms with Crippen LogP contribution in [-0.4, -0.2) is 37.5 Å². The van der Waals surface area contributed by atoms with Gasteiger partial charge in [-0.1, -0.05) is 38.1 Å². The Balaban J connectivity index is 2.67. The molecule has 1 aromatic carbocycles. The van der Waals surface area contributed by atoms with Crippen molar-refractivity contribution in [1.29, 1.82) is 0 Å². The summed E-state index contributed by atoms with van der Waals surface area (Å²) >= 11 is 5.16. The Kier molecular flexibility index (Phi) is 7.67. The van der Waals surface area contributed by atoms with Gasteiger partial charge in [0.2, 0.25) is 10.0 Å². The van der Waals surface area contributed by atoms with Crippen LogP contribution in [0.2, 0.25) is 0 Å². The molecule has 1 rings (SSSR count). The fourth-order valence-electron chi connectivity index (χ4n) is 1.97. The second-order valence-corrected chi connectivity index (χ2v) is 7.57. The maximum atomic E-state index is 12.4. The lowest BCUT2D eigenvalue weighted by Crippen LogP contribution is -2.35. The van der Waals surface area contributed by atoms with Gasteiger partial charge in [0.25, 0.3) is 0 Å². The van der Waals surface area contributed by atoms with E-state index in [4.69, 9.17) is 12.2 Å². The van der Waals surface area contributed by atoms with Gasteiger partial charge in [-0.05, 0) is 36.8 Å². The van der Waals surface area contributed by atoms with Gasteiger partial charge in [-0.3, -0.25) is 0 Å². The van der Waals surface area contributed by atoms with Crippen molar-refractivity contribution in [1.82, 2.24) is 14.9 Å². The average molecular weight is 356 g/mol. The van der Waals surface area contributed by atoms with E-state index in [1.54, 1.807) is 24.3 Å². The van der Waals surface area contributed by atoms with Crippen LogP contribution in [0.25, 0.3) is 0 Å². The third-order valence-corrected chi connectivity index (χ3v) is 5.62. The minimum Gasteiger partial charge on any atom is -0.359 e. The molecule has 0 unspecified atom stereocenters. The number of nitrogens with one attached hydrogen (secondary N) is 2. The molecule has 5 nitrogen and oxygen atoms in total. The third-order valence-electron chi connectivity index (χ3n) is 3.27. The number of sulfonamides is 1. The molecule has 0 spiro atoms. The SMILES string of the molecule is C=C(C)CNC(=S)NCc1ccc(S(=O)(=O)N(CC)CC)cc1. The number of hydrogen-bond donors (Lipinski definition) is 2. The summed E-state index contributed by atoms with van der Waals surface area (Å²) in [4.78, 5) is 0.313. The minimum atomic E-state index is -3.40. The largest absolute Gasteiger partial charge is 0.359 e. The Bertz CT molecular complexity index is 636. The highest BCUT2D eigenvalue weighted by atomic mass is 32.2. The van der Waals surface area contributed by atoms with Crippen LogP contribution in [0.4, 0.5) is 0 Å². The van der Waals surface area contributed by atoms with Gasteiger partial charge < -0.3 is 10.6 Å². The molecule has 0 amide bonds. The zero-order valence-electron chi connectivity index (χ0n) is 13.9. The van der Waals surface area contributed by atoms with Crippen molar-refractivity contribution in [3.05, 3.63) is 42.0 Å². The van der Waals surface area contributed by atoms with E-state index in [0.717, 1.165) is 11.1 Å². The molecule has 7 heteroatoms. The summed E-state index contributed by atoms with van der Waals surface area (Å²) in [5, 5.41) is 6.66. The van der Waals surface area contributed by atoms with Gasteiger partial charge >= 0.3 is 0 Å². The fourth-order valence-corrected chi connectivity index (χ4v) is 3.57. The summed E-state index contributed by atoms with van der Waals surface area (Å²) in [6.45, 7) is 11.5. The van der Waals surface area contributed by atoms with Crippen LogP contribution >= 0.6 is 12.2 Å². The number of benzene rings is 1. The van der Waals surface area contributed by atoms with E-state index < -0.39 is 10.0 Å². The molecule has 0 fully saturated rings. The van der Waals surface area contributed by atoms with E-state index in [2.05, 4.69) is 17.2 Å². The molecule has 0 aliphatic rings. The van der Waals surface area contributed by atoms with E-state index in [1.807, 2.05) is 20.8 Å². The number of thiocarbonyl (C=S) groups is 1. The van der Waals surface area contributed by atoms with Gasteiger partial charge in [0.1, 0.15) is 0 Å². The standard InChI is InChI=1S/C16H25N3O2S2/c1-5-19(6-2)23(20,21)15-9-7-14(8-10-15)12-18-16(22)17-11-13(3)4/h7-10H,3,5-6,11-12H2,1-2,4H3,(H2,17,18,22). The van der Waals surface area contributed by atoms with Gasteiger partial charge in [0.15, 0.2) is 5.11 Å². The van der Waals surface area contributed by atoms with Crippen molar-refractivity contribution in [2.24, 2.45) is 0 Å². The highest BCUT2D eigenvalue weighted by Crippen LogP contribution is 2.16. The van der Waals surface area contributed by atoms with Gasteiger partial charge in [0.05, 0.1) is 4.90 Å². The summed E-state index contributed by atoms with van der Waals surface area (Å²) in [6.07, 6.45) is 0. The first-order chi connectivity index (χ1) is 10.8. The van der Waals surface area contributed by atoms with Crippen molar-refractivity contribution >= 4 is 27.4 Å². The minimum absolute atomic E-state index is 0.313. The maximum Gasteiger partial charge on any atom is 0.243 e. The highest BCUT2D eigenvalue weighted by Gasteiger charge is 2.20. The van der Waals surface area contributed by atoms with Crippen LogP contribution < -0.4 is 10.6 Å². The van der Waals surface area contributed by atoms with Crippen LogP contribution in [0.5, 0.6) is 0 Å². The second kappa shape index (κ2) is 9.00. The predicted molar refractivity (Wildman–Crippen MR) is 98.8 cm³/mol. The van der Waals surface area contributed by atoms with Crippen LogP contribution in [0.1, 0.15) is 26.3 Å². The Morgan fingerprint density at radius 1 is 1.17 bits per heavy atom. The van der Waals surface area contributed by atoms with E-state index in [9.17, 15) is 8.42 Å². The summed E-state index contributed by atoms with van der Waals surface area (Å²) in [6, 6.07) is 6.86. The van der Waals surface area contributed by atoms with Gasteiger partial charge in [-0.25, -0.2) is 8.42 Å². The second-order valence-electron chi connectivity index (χ2n) is 5.23. The predicted octanol–water partition coefficient (Wildman–Crippen LogP) is 2.26. The molecule has 0 aliphatic heterocycles. The first-order valence-electron chi connectivity index (χ1n) is 7.56. The van der Waals surface area contributed by atoms with Crippen LogP contribution in [0.3, 0.4) is 0 Å². The monoisotopic (exact) mass is 355 g/mol. The molecule has 1 aromatic rings. The molecule has 2 N–H and O–H groups in total. The summed E-state index contributed by atoms with van der Waals surface area (Å²) in [7, 11) is -3.40.